The minimum atomic E-state index is -0.647. The van der Waals surface area contributed by atoms with Crippen LogP contribution in [-0.2, 0) is 14.3 Å². The van der Waals surface area contributed by atoms with Crippen molar-refractivity contribution in [3.05, 3.63) is 0 Å². The molecule has 1 fully saturated rings. The number of hydrazine groups is 1. The quantitative estimate of drug-likeness (QED) is 0.751. The van der Waals surface area contributed by atoms with Gasteiger partial charge in [-0.1, -0.05) is 0 Å². The van der Waals surface area contributed by atoms with Crippen LogP contribution < -0.4 is 10.9 Å². The van der Waals surface area contributed by atoms with Gasteiger partial charge in [0.15, 0.2) is 0 Å². The molecule has 0 unspecified atom stereocenters. The lowest BCUT2D eigenvalue weighted by molar-refractivity contribution is -0.127. The summed E-state index contributed by atoms with van der Waals surface area (Å²) < 4.78 is 10.3. The molecule has 0 spiro atoms. The van der Waals surface area contributed by atoms with Crippen molar-refractivity contribution in [1.82, 2.24) is 10.9 Å². The highest BCUT2D eigenvalue weighted by Gasteiger charge is 2.26. The Labute approximate surface area is 114 Å². The Kier molecular flexibility index (Phi) is 5.60. The lowest BCUT2D eigenvalue weighted by Crippen LogP contribution is -2.47. The molecule has 2 N–H and O–H groups in total. The molecule has 0 saturated heterocycles. The van der Waals surface area contributed by atoms with E-state index < -0.39 is 11.7 Å². The maximum atomic E-state index is 11.8. The fraction of sp³-hybridized carbons (Fsp3) is 0.846. The van der Waals surface area contributed by atoms with Crippen molar-refractivity contribution in [2.75, 3.05) is 7.11 Å². The van der Waals surface area contributed by atoms with Gasteiger partial charge in [0.2, 0.25) is 5.91 Å². The summed E-state index contributed by atoms with van der Waals surface area (Å²) in [7, 11) is 1.69. The van der Waals surface area contributed by atoms with E-state index in [1.165, 1.54) is 0 Å². The number of ether oxygens (including phenoxy) is 2. The van der Waals surface area contributed by atoms with Gasteiger partial charge in [-0.2, -0.15) is 0 Å². The zero-order chi connectivity index (χ0) is 14.5. The van der Waals surface area contributed by atoms with Gasteiger partial charge in [-0.05, 0) is 46.5 Å². The summed E-state index contributed by atoms with van der Waals surface area (Å²) in [5, 5.41) is 0. The van der Waals surface area contributed by atoms with E-state index in [1.54, 1.807) is 27.9 Å². The molecule has 0 atom stereocenters. The molecule has 1 aliphatic rings. The molecule has 6 nitrogen and oxygen atoms in total. The number of rotatable bonds is 2. The first-order chi connectivity index (χ1) is 8.81. The Hall–Kier alpha value is -1.30. The summed E-state index contributed by atoms with van der Waals surface area (Å²) in [6.07, 6.45) is 2.91. The van der Waals surface area contributed by atoms with Gasteiger partial charge in [-0.15, -0.1) is 0 Å². The number of methoxy groups -OCH3 is 1. The van der Waals surface area contributed by atoms with Crippen molar-refractivity contribution in [1.29, 1.82) is 0 Å². The average molecular weight is 272 g/mol. The highest BCUT2D eigenvalue weighted by molar-refractivity contribution is 5.81. The summed E-state index contributed by atoms with van der Waals surface area (Å²) in [4.78, 5) is 23.2. The van der Waals surface area contributed by atoms with Crippen LogP contribution in [-0.4, -0.2) is 30.8 Å². The van der Waals surface area contributed by atoms with Crippen LogP contribution in [0.5, 0.6) is 0 Å². The van der Waals surface area contributed by atoms with Crippen molar-refractivity contribution >= 4 is 12.0 Å². The van der Waals surface area contributed by atoms with Crippen LogP contribution in [0.1, 0.15) is 46.5 Å². The number of amides is 2. The van der Waals surface area contributed by atoms with Gasteiger partial charge in [-0.25, -0.2) is 10.2 Å². The van der Waals surface area contributed by atoms with E-state index >= 15 is 0 Å². The second-order valence-electron chi connectivity index (χ2n) is 5.83. The van der Waals surface area contributed by atoms with Crippen molar-refractivity contribution in [2.24, 2.45) is 5.92 Å². The van der Waals surface area contributed by atoms with Crippen LogP contribution in [0.25, 0.3) is 0 Å². The Bertz CT molecular complexity index is 317. The molecule has 1 saturated carbocycles. The normalized spacial score (nSPS) is 23.6. The smallest absolute Gasteiger partial charge is 0.426 e. The van der Waals surface area contributed by atoms with Crippen LogP contribution in [0.15, 0.2) is 0 Å². The van der Waals surface area contributed by atoms with E-state index in [2.05, 4.69) is 10.9 Å². The summed E-state index contributed by atoms with van der Waals surface area (Å²) >= 11 is 0. The molecule has 0 aromatic heterocycles. The van der Waals surface area contributed by atoms with E-state index in [0.717, 1.165) is 25.7 Å². The minimum absolute atomic E-state index is 0.0682. The molecule has 0 aliphatic heterocycles. The number of carbonyl (C=O) groups is 2. The molecule has 19 heavy (non-hydrogen) atoms. The molecule has 0 aromatic rings. The summed E-state index contributed by atoms with van der Waals surface area (Å²) in [6.45, 7) is 5.29. The van der Waals surface area contributed by atoms with Crippen molar-refractivity contribution < 1.29 is 19.1 Å². The first-order valence-corrected chi connectivity index (χ1v) is 6.63. The highest BCUT2D eigenvalue weighted by atomic mass is 16.6. The largest absolute Gasteiger partial charge is 0.443 e. The Morgan fingerprint density at radius 2 is 1.63 bits per heavy atom. The molecule has 6 heteroatoms. The number of carbonyl (C=O) groups excluding carboxylic acids is 2. The molecular weight excluding hydrogens is 248 g/mol. The number of hydrogen-bond acceptors (Lipinski definition) is 4. The summed E-state index contributed by atoms with van der Waals surface area (Å²) in [6, 6.07) is 0. The molecular formula is C13H24N2O4. The number of nitrogens with one attached hydrogen (secondary N) is 2. The third kappa shape index (κ3) is 5.92. The van der Waals surface area contributed by atoms with Gasteiger partial charge in [0.05, 0.1) is 6.10 Å². The molecule has 110 valence electrons. The van der Waals surface area contributed by atoms with Crippen LogP contribution in [0.2, 0.25) is 0 Å². The monoisotopic (exact) mass is 272 g/mol. The van der Waals surface area contributed by atoms with Gasteiger partial charge in [0.1, 0.15) is 5.60 Å². The van der Waals surface area contributed by atoms with E-state index in [4.69, 9.17) is 9.47 Å². The Morgan fingerprint density at radius 3 is 2.11 bits per heavy atom. The maximum absolute atomic E-state index is 11.8. The van der Waals surface area contributed by atoms with Crippen molar-refractivity contribution in [2.45, 2.75) is 58.2 Å². The number of hydrogen-bond donors (Lipinski definition) is 2. The molecule has 0 radical (unpaired) electrons. The standard InChI is InChI=1S/C13H24N2O4/c1-13(2,3)19-12(17)15-14-11(16)9-5-7-10(18-4)8-6-9/h9-10H,5-8H2,1-4H3,(H,14,16)(H,15,17). The Morgan fingerprint density at radius 1 is 1.05 bits per heavy atom. The SMILES string of the molecule is COC1CCC(C(=O)NNC(=O)OC(C)(C)C)CC1. The minimum Gasteiger partial charge on any atom is -0.443 e. The van der Waals surface area contributed by atoms with E-state index in [1.807, 2.05) is 0 Å². The molecule has 1 aliphatic carbocycles. The second-order valence-corrected chi connectivity index (χ2v) is 5.83. The van der Waals surface area contributed by atoms with E-state index in [9.17, 15) is 9.59 Å². The zero-order valence-electron chi connectivity index (χ0n) is 12.1. The van der Waals surface area contributed by atoms with Gasteiger partial charge in [0.25, 0.3) is 0 Å². The summed E-state index contributed by atoms with van der Waals surface area (Å²) in [5.74, 6) is -0.234. The van der Waals surface area contributed by atoms with Crippen LogP contribution in [0.3, 0.4) is 0 Å². The van der Waals surface area contributed by atoms with Crippen molar-refractivity contribution in [3.8, 4) is 0 Å². The fourth-order valence-corrected chi connectivity index (χ4v) is 2.08. The zero-order valence-corrected chi connectivity index (χ0v) is 12.1. The molecule has 1 rings (SSSR count). The molecule has 0 heterocycles. The maximum Gasteiger partial charge on any atom is 0.426 e. The van der Waals surface area contributed by atoms with Crippen LogP contribution in [0, 0.1) is 5.92 Å². The van der Waals surface area contributed by atoms with Gasteiger partial charge < -0.3 is 9.47 Å². The molecule has 0 bridgehead atoms. The Balaban J connectivity index is 2.27. The molecule has 0 aromatic carbocycles. The van der Waals surface area contributed by atoms with E-state index in [0.29, 0.717) is 0 Å². The third-order valence-electron chi connectivity index (χ3n) is 3.06. The van der Waals surface area contributed by atoms with Gasteiger partial charge in [0, 0.05) is 13.0 Å². The third-order valence-corrected chi connectivity index (χ3v) is 3.06. The van der Waals surface area contributed by atoms with Crippen LogP contribution >= 0.6 is 0 Å². The van der Waals surface area contributed by atoms with Gasteiger partial charge >= 0.3 is 6.09 Å². The predicted molar refractivity (Wildman–Crippen MR) is 70.3 cm³/mol. The van der Waals surface area contributed by atoms with E-state index in [-0.39, 0.29) is 17.9 Å². The average Bonchev–Trinajstić information content (AvgIpc) is 2.34. The lowest BCUT2D eigenvalue weighted by Gasteiger charge is -2.27. The summed E-state index contributed by atoms with van der Waals surface area (Å²) in [5.41, 5.74) is 4.09. The van der Waals surface area contributed by atoms with Crippen molar-refractivity contribution in [3.63, 3.8) is 0 Å². The topological polar surface area (TPSA) is 76.7 Å². The first kappa shape index (κ1) is 15.8. The van der Waals surface area contributed by atoms with Gasteiger partial charge in [-0.3, -0.25) is 10.2 Å². The lowest BCUT2D eigenvalue weighted by atomic mass is 9.87. The fourth-order valence-electron chi connectivity index (χ4n) is 2.08. The van der Waals surface area contributed by atoms with Crippen LogP contribution in [0.4, 0.5) is 4.79 Å². The predicted octanol–water partition coefficient (Wildman–Crippen LogP) is 1.75. The molecule has 2 amide bonds. The highest BCUT2D eigenvalue weighted by Crippen LogP contribution is 2.25. The second kappa shape index (κ2) is 6.75. The first-order valence-electron chi connectivity index (χ1n) is 6.63.